The first kappa shape index (κ1) is 7.25. The number of hydrogen-bond acceptors (Lipinski definition) is 3. The molecule has 2 aromatic heterocycles. The Bertz CT molecular complexity index is 347. The van der Waals surface area contributed by atoms with Crippen LogP contribution in [0.25, 0.3) is 10.3 Å². The summed E-state index contributed by atoms with van der Waals surface area (Å²) in [6, 6.07) is 2.01. The third kappa shape index (κ3) is 1.19. The molecule has 11 heavy (non-hydrogen) atoms. The minimum atomic E-state index is 1.06. The van der Waals surface area contributed by atoms with E-state index in [0.717, 1.165) is 11.3 Å². The monoisotopic (exact) mass is 184 g/mol. The minimum absolute atomic E-state index is 1.06. The first-order valence-electron chi connectivity index (χ1n) is 3.49. The lowest BCUT2D eigenvalue weighted by molar-refractivity contribution is 0.609. The van der Waals surface area contributed by atoms with Gasteiger partial charge in [-0.05, 0) is 11.8 Å². The van der Waals surface area contributed by atoms with Crippen LogP contribution < -0.4 is 0 Å². The maximum absolute atomic E-state index is 5.33. The second-order valence-corrected chi connectivity index (χ2v) is 4.36. The van der Waals surface area contributed by atoms with E-state index in [1.54, 1.807) is 17.6 Å². The van der Waals surface area contributed by atoms with Crippen LogP contribution in [0.2, 0.25) is 0 Å². The van der Waals surface area contributed by atoms with Crippen molar-refractivity contribution in [2.45, 2.75) is 11.8 Å². The molecule has 0 fully saturated rings. The lowest BCUT2D eigenvalue weighted by Gasteiger charge is -1.89. The van der Waals surface area contributed by atoms with E-state index in [4.69, 9.17) is 4.42 Å². The molecule has 0 bridgehead atoms. The molecule has 0 aliphatic carbocycles. The summed E-state index contributed by atoms with van der Waals surface area (Å²) < 4.78 is 6.58. The number of furan rings is 1. The highest BCUT2D eigenvalue weighted by Gasteiger charge is 2.05. The molecule has 0 aliphatic heterocycles. The van der Waals surface area contributed by atoms with E-state index in [0.29, 0.717) is 0 Å². The van der Waals surface area contributed by atoms with Gasteiger partial charge >= 0.3 is 0 Å². The summed E-state index contributed by atoms with van der Waals surface area (Å²) in [5, 5.41) is 2.16. The summed E-state index contributed by atoms with van der Waals surface area (Å²) in [7, 11) is 0. The van der Waals surface area contributed by atoms with Crippen LogP contribution in [0.5, 0.6) is 0 Å². The van der Waals surface area contributed by atoms with Crippen LogP contribution >= 0.6 is 23.1 Å². The van der Waals surface area contributed by atoms with Crippen LogP contribution in [-0.2, 0) is 0 Å². The van der Waals surface area contributed by atoms with Crippen LogP contribution in [0.15, 0.2) is 27.0 Å². The van der Waals surface area contributed by atoms with Gasteiger partial charge in [-0.15, -0.1) is 23.1 Å². The molecule has 3 heteroatoms. The predicted octanol–water partition coefficient (Wildman–Crippen LogP) is 3.61. The summed E-state index contributed by atoms with van der Waals surface area (Å²) >= 11 is 3.58. The van der Waals surface area contributed by atoms with Crippen molar-refractivity contribution < 1.29 is 4.42 Å². The van der Waals surface area contributed by atoms with E-state index in [-0.39, 0.29) is 0 Å². The Hall–Kier alpha value is -0.410. The third-order valence-corrected chi connectivity index (χ3v) is 3.43. The van der Waals surface area contributed by atoms with Crippen molar-refractivity contribution in [2.75, 3.05) is 5.75 Å². The molecule has 2 heterocycles. The van der Waals surface area contributed by atoms with Gasteiger partial charge in [0.25, 0.3) is 0 Å². The number of rotatable bonds is 2. The summed E-state index contributed by atoms with van der Waals surface area (Å²) in [6.07, 6.45) is 1.75. The maximum Gasteiger partial charge on any atom is 0.158 e. The smallest absolute Gasteiger partial charge is 0.158 e. The number of fused-ring (bicyclic) bond motifs is 1. The average Bonchev–Trinajstić information content (AvgIpc) is 2.53. The van der Waals surface area contributed by atoms with E-state index < -0.39 is 0 Å². The quantitative estimate of drug-likeness (QED) is 0.661. The Kier molecular flexibility index (Phi) is 1.92. The van der Waals surface area contributed by atoms with Crippen molar-refractivity contribution >= 4 is 33.4 Å². The summed E-state index contributed by atoms with van der Waals surface area (Å²) in [4.78, 5) is 1.28. The molecule has 58 valence electrons. The molecular formula is C8H8OS2. The number of thioether (sulfide) groups is 1. The van der Waals surface area contributed by atoms with Crippen molar-refractivity contribution in [2.24, 2.45) is 0 Å². The molecule has 0 aromatic carbocycles. The molecule has 0 N–H and O–H groups in total. The van der Waals surface area contributed by atoms with Gasteiger partial charge in [0.2, 0.25) is 0 Å². The first-order valence-corrected chi connectivity index (χ1v) is 5.36. The Balaban J connectivity index is 2.51. The molecule has 0 amide bonds. The average molecular weight is 184 g/mol. The van der Waals surface area contributed by atoms with Gasteiger partial charge in [0, 0.05) is 5.38 Å². The molecule has 0 atom stereocenters. The van der Waals surface area contributed by atoms with E-state index >= 15 is 0 Å². The first-order chi connectivity index (χ1) is 5.42. The molecule has 0 saturated heterocycles. The standard InChI is InChI=1S/C8H8OS2/c1-2-10-7-5-11-6-3-4-9-8(6)7/h3-5H,2H2,1H3. The maximum atomic E-state index is 5.33. The van der Waals surface area contributed by atoms with E-state index in [9.17, 15) is 0 Å². The Morgan fingerprint density at radius 3 is 3.36 bits per heavy atom. The van der Waals surface area contributed by atoms with Crippen LogP contribution in [0.1, 0.15) is 6.92 Å². The lowest BCUT2D eigenvalue weighted by Crippen LogP contribution is -1.64. The highest BCUT2D eigenvalue weighted by Crippen LogP contribution is 2.33. The van der Waals surface area contributed by atoms with Gasteiger partial charge in [-0.25, -0.2) is 0 Å². The van der Waals surface area contributed by atoms with E-state index in [1.807, 2.05) is 17.8 Å². The van der Waals surface area contributed by atoms with Crippen molar-refractivity contribution in [3.63, 3.8) is 0 Å². The fraction of sp³-hybridized carbons (Fsp3) is 0.250. The molecule has 2 aromatic rings. The van der Waals surface area contributed by atoms with Crippen LogP contribution in [0.4, 0.5) is 0 Å². The molecule has 0 radical (unpaired) electrons. The molecule has 2 rings (SSSR count). The second-order valence-electron chi connectivity index (χ2n) is 2.15. The number of thiophene rings is 1. The highest BCUT2D eigenvalue weighted by molar-refractivity contribution is 7.99. The minimum Gasteiger partial charge on any atom is -0.462 e. The zero-order valence-corrected chi connectivity index (χ0v) is 7.80. The topological polar surface area (TPSA) is 13.1 Å². The predicted molar refractivity (Wildman–Crippen MR) is 50.5 cm³/mol. The van der Waals surface area contributed by atoms with Crippen molar-refractivity contribution in [1.82, 2.24) is 0 Å². The van der Waals surface area contributed by atoms with Crippen LogP contribution in [0, 0.1) is 0 Å². The van der Waals surface area contributed by atoms with Gasteiger partial charge in [0.05, 0.1) is 15.9 Å². The molecule has 0 unspecified atom stereocenters. The van der Waals surface area contributed by atoms with Gasteiger partial charge in [-0.1, -0.05) is 6.92 Å². The molecule has 1 nitrogen and oxygen atoms in total. The normalized spacial score (nSPS) is 11.0. The Labute approximate surface area is 73.4 Å². The van der Waals surface area contributed by atoms with Crippen molar-refractivity contribution in [1.29, 1.82) is 0 Å². The van der Waals surface area contributed by atoms with Gasteiger partial charge < -0.3 is 4.42 Å². The summed E-state index contributed by atoms with van der Waals surface area (Å²) in [5.74, 6) is 1.10. The molecule has 0 spiro atoms. The SMILES string of the molecule is CCSc1csc2ccoc12. The zero-order chi connectivity index (χ0) is 7.68. The highest BCUT2D eigenvalue weighted by atomic mass is 32.2. The van der Waals surface area contributed by atoms with E-state index in [2.05, 4.69) is 12.3 Å². The summed E-state index contributed by atoms with van der Waals surface area (Å²) in [5.41, 5.74) is 1.06. The Morgan fingerprint density at radius 2 is 2.55 bits per heavy atom. The second kappa shape index (κ2) is 2.91. The van der Waals surface area contributed by atoms with Crippen LogP contribution in [0.3, 0.4) is 0 Å². The fourth-order valence-corrected chi connectivity index (χ4v) is 2.82. The van der Waals surface area contributed by atoms with Gasteiger partial charge in [0.15, 0.2) is 5.58 Å². The van der Waals surface area contributed by atoms with Crippen molar-refractivity contribution in [3.05, 3.63) is 17.7 Å². The lowest BCUT2D eigenvalue weighted by atomic mass is 10.5. The Morgan fingerprint density at radius 1 is 1.64 bits per heavy atom. The van der Waals surface area contributed by atoms with Gasteiger partial charge in [-0.3, -0.25) is 0 Å². The van der Waals surface area contributed by atoms with Gasteiger partial charge in [0.1, 0.15) is 0 Å². The molecular weight excluding hydrogens is 176 g/mol. The van der Waals surface area contributed by atoms with Crippen molar-refractivity contribution in [3.8, 4) is 0 Å². The van der Waals surface area contributed by atoms with E-state index in [1.165, 1.54) is 9.60 Å². The van der Waals surface area contributed by atoms with Crippen LogP contribution in [-0.4, -0.2) is 5.75 Å². The zero-order valence-electron chi connectivity index (χ0n) is 6.16. The molecule has 0 aliphatic rings. The summed E-state index contributed by atoms with van der Waals surface area (Å²) in [6.45, 7) is 2.15. The molecule has 0 saturated carbocycles. The largest absolute Gasteiger partial charge is 0.462 e. The van der Waals surface area contributed by atoms with Gasteiger partial charge in [-0.2, -0.15) is 0 Å². The number of hydrogen-bond donors (Lipinski definition) is 0. The fourth-order valence-electron chi connectivity index (χ4n) is 0.996. The third-order valence-electron chi connectivity index (χ3n) is 1.45.